The van der Waals surface area contributed by atoms with Gasteiger partial charge in [0.1, 0.15) is 5.82 Å². The standard InChI is InChI=1S/C16H10FNO2S/c17-11-2-4-13-14(16(19)20)8-12(18-15(13)7-11)3-1-10-5-6-21-9-10/h1-9H,(H,19,20)/b3-1+. The predicted molar refractivity (Wildman–Crippen MR) is 81.9 cm³/mol. The van der Waals surface area contributed by atoms with Gasteiger partial charge in [-0.05, 0) is 46.7 Å². The number of thiophene rings is 1. The van der Waals surface area contributed by atoms with E-state index in [4.69, 9.17) is 0 Å². The van der Waals surface area contributed by atoms with E-state index >= 15 is 0 Å². The summed E-state index contributed by atoms with van der Waals surface area (Å²) in [5, 5.41) is 13.6. The fraction of sp³-hybridized carbons (Fsp3) is 0. The van der Waals surface area contributed by atoms with Crippen LogP contribution >= 0.6 is 11.3 Å². The van der Waals surface area contributed by atoms with Crippen molar-refractivity contribution in [2.45, 2.75) is 0 Å². The first-order valence-electron chi connectivity index (χ1n) is 6.17. The lowest BCUT2D eigenvalue weighted by atomic mass is 10.1. The zero-order valence-electron chi connectivity index (χ0n) is 10.8. The fourth-order valence-electron chi connectivity index (χ4n) is 2.04. The number of halogens is 1. The van der Waals surface area contributed by atoms with E-state index in [1.165, 1.54) is 24.3 Å². The first-order valence-corrected chi connectivity index (χ1v) is 7.11. The van der Waals surface area contributed by atoms with Gasteiger partial charge in [0.05, 0.1) is 16.8 Å². The Morgan fingerprint density at radius 1 is 1.24 bits per heavy atom. The number of hydrogen-bond acceptors (Lipinski definition) is 3. The first kappa shape index (κ1) is 13.5. The molecule has 3 rings (SSSR count). The van der Waals surface area contributed by atoms with Crippen molar-refractivity contribution in [2.75, 3.05) is 0 Å². The molecule has 3 aromatic rings. The van der Waals surface area contributed by atoms with Crippen molar-refractivity contribution in [3.8, 4) is 0 Å². The van der Waals surface area contributed by atoms with Gasteiger partial charge in [0.15, 0.2) is 0 Å². The van der Waals surface area contributed by atoms with Crippen molar-refractivity contribution in [3.05, 3.63) is 63.7 Å². The van der Waals surface area contributed by atoms with E-state index in [2.05, 4.69) is 4.98 Å². The largest absolute Gasteiger partial charge is 0.478 e. The molecule has 0 saturated carbocycles. The normalized spacial score (nSPS) is 11.3. The van der Waals surface area contributed by atoms with Crippen LogP contribution in [-0.2, 0) is 0 Å². The van der Waals surface area contributed by atoms with E-state index in [-0.39, 0.29) is 5.56 Å². The Balaban J connectivity index is 2.13. The minimum Gasteiger partial charge on any atom is -0.478 e. The van der Waals surface area contributed by atoms with E-state index in [0.29, 0.717) is 16.6 Å². The molecule has 0 amide bonds. The maximum Gasteiger partial charge on any atom is 0.336 e. The van der Waals surface area contributed by atoms with Crippen LogP contribution in [0, 0.1) is 5.82 Å². The van der Waals surface area contributed by atoms with Crippen LogP contribution in [0.4, 0.5) is 4.39 Å². The monoisotopic (exact) mass is 299 g/mol. The lowest BCUT2D eigenvalue weighted by Crippen LogP contribution is -2.00. The molecule has 0 unspecified atom stereocenters. The highest BCUT2D eigenvalue weighted by Gasteiger charge is 2.11. The number of aromatic carboxylic acids is 1. The SMILES string of the molecule is O=C(O)c1cc(/C=C/c2ccsc2)nc2cc(F)ccc12. The molecule has 104 valence electrons. The smallest absolute Gasteiger partial charge is 0.336 e. The van der Waals surface area contributed by atoms with Crippen LogP contribution in [0.1, 0.15) is 21.6 Å². The van der Waals surface area contributed by atoms with Gasteiger partial charge in [0, 0.05) is 11.5 Å². The number of carboxylic acid groups (broad SMARTS) is 1. The zero-order valence-corrected chi connectivity index (χ0v) is 11.6. The highest BCUT2D eigenvalue weighted by molar-refractivity contribution is 7.08. The summed E-state index contributed by atoms with van der Waals surface area (Å²) >= 11 is 1.57. The van der Waals surface area contributed by atoms with Gasteiger partial charge in [0.25, 0.3) is 0 Å². The van der Waals surface area contributed by atoms with Gasteiger partial charge >= 0.3 is 5.97 Å². The third-order valence-electron chi connectivity index (χ3n) is 3.01. The van der Waals surface area contributed by atoms with E-state index < -0.39 is 11.8 Å². The highest BCUT2D eigenvalue weighted by Crippen LogP contribution is 2.21. The Morgan fingerprint density at radius 3 is 2.81 bits per heavy atom. The van der Waals surface area contributed by atoms with Crippen LogP contribution in [0.3, 0.4) is 0 Å². The summed E-state index contributed by atoms with van der Waals surface area (Å²) < 4.78 is 13.3. The molecule has 0 atom stereocenters. The van der Waals surface area contributed by atoms with Crippen LogP contribution in [0.5, 0.6) is 0 Å². The van der Waals surface area contributed by atoms with Crippen molar-refractivity contribution in [2.24, 2.45) is 0 Å². The van der Waals surface area contributed by atoms with Gasteiger partial charge in [-0.2, -0.15) is 11.3 Å². The second-order valence-corrected chi connectivity index (χ2v) is 5.23. The molecule has 2 heterocycles. The summed E-state index contributed by atoms with van der Waals surface area (Å²) in [5.41, 5.74) is 1.94. The molecule has 3 nitrogen and oxygen atoms in total. The molecule has 0 bridgehead atoms. The lowest BCUT2D eigenvalue weighted by molar-refractivity contribution is 0.0699. The number of fused-ring (bicyclic) bond motifs is 1. The molecule has 0 radical (unpaired) electrons. The van der Waals surface area contributed by atoms with Crippen molar-refractivity contribution in [1.82, 2.24) is 4.98 Å². The first-order chi connectivity index (χ1) is 10.1. The van der Waals surface area contributed by atoms with Crippen LogP contribution < -0.4 is 0 Å². The third kappa shape index (κ3) is 2.83. The summed E-state index contributed by atoms with van der Waals surface area (Å²) in [5.74, 6) is -1.50. The topological polar surface area (TPSA) is 50.2 Å². The summed E-state index contributed by atoms with van der Waals surface area (Å²) in [4.78, 5) is 15.6. The molecule has 0 spiro atoms. The molecule has 2 aromatic heterocycles. The van der Waals surface area contributed by atoms with E-state index in [1.807, 2.05) is 22.9 Å². The van der Waals surface area contributed by atoms with Gasteiger partial charge in [-0.15, -0.1) is 0 Å². The molecular formula is C16H10FNO2S. The number of hydrogen-bond donors (Lipinski definition) is 1. The van der Waals surface area contributed by atoms with Gasteiger partial charge in [-0.3, -0.25) is 0 Å². The molecule has 5 heteroatoms. The number of pyridine rings is 1. The van der Waals surface area contributed by atoms with Crippen LogP contribution in [0.2, 0.25) is 0 Å². The Hall–Kier alpha value is -2.53. The number of benzene rings is 1. The van der Waals surface area contributed by atoms with Gasteiger partial charge < -0.3 is 5.11 Å². The highest BCUT2D eigenvalue weighted by atomic mass is 32.1. The summed E-state index contributed by atoms with van der Waals surface area (Å²) in [6.45, 7) is 0. The summed E-state index contributed by atoms with van der Waals surface area (Å²) in [6, 6.07) is 7.35. The van der Waals surface area contributed by atoms with Crippen LogP contribution in [0.15, 0.2) is 41.1 Å². The van der Waals surface area contributed by atoms with E-state index in [9.17, 15) is 14.3 Å². The minimum atomic E-state index is -1.06. The average Bonchev–Trinajstić information content (AvgIpc) is 2.97. The number of aromatic nitrogens is 1. The van der Waals surface area contributed by atoms with Crippen LogP contribution in [-0.4, -0.2) is 16.1 Å². The van der Waals surface area contributed by atoms with Crippen molar-refractivity contribution in [3.63, 3.8) is 0 Å². The molecule has 1 N–H and O–H groups in total. The molecule has 0 aliphatic heterocycles. The molecule has 1 aromatic carbocycles. The molecule has 0 aliphatic rings. The Bertz CT molecular complexity index is 841. The molecule has 0 aliphatic carbocycles. The number of carbonyl (C=O) groups is 1. The second kappa shape index (κ2) is 5.46. The fourth-order valence-corrected chi connectivity index (χ4v) is 2.66. The summed E-state index contributed by atoms with van der Waals surface area (Å²) in [6.07, 6.45) is 3.56. The second-order valence-electron chi connectivity index (χ2n) is 4.45. The predicted octanol–water partition coefficient (Wildman–Crippen LogP) is 4.30. The van der Waals surface area contributed by atoms with Gasteiger partial charge in [-0.1, -0.05) is 6.08 Å². The maximum absolute atomic E-state index is 13.3. The molecule has 0 fully saturated rings. The molecule has 21 heavy (non-hydrogen) atoms. The quantitative estimate of drug-likeness (QED) is 0.784. The number of nitrogens with zero attached hydrogens (tertiary/aromatic N) is 1. The van der Waals surface area contributed by atoms with Gasteiger partial charge in [0.2, 0.25) is 0 Å². The maximum atomic E-state index is 13.3. The van der Waals surface area contributed by atoms with Crippen LogP contribution in [0.25, 0.3) is 23.1 Å². The lowest BCUT2D eigenvalue weighted by Gasteiger charge is -2.04. The Labute approximate surface area is 124 Å². The number of rotatable bonds is 3. The third-order valence-corrected chi connectivity index (χ3v) is 3.71. The van der Waals surface area contributed by atoms with Crippen molar-refractivity contribution < 1.29 is 14.3 Å². The molecular weight excluding hydrogens is 289 g/mol. The van der Waals surface area contributed by atoms with Gasteiger partial charge in [-0.25, -0.2) is 14.2 Å². The van der Waals surface area contributed by atoms with Crippen molar-refractivity contribution >= 4 is 40.4 Å². The minimum absolute atomic E-state index is 0.116. The Kier molecular flexibility index (Phi) is 3.50. The van der Waals surface area contributed by atoms with E-state index in [0.717, 1.165) is 5.56 Å². The van der Waals surface area contributed by atoms with E-state index in [1.54, 1.807) is 17.4 Å². The molecule has 0 saturated heterocycles. The Morgan fingerprint density at radius 2 is 2.10 bits per heavy atom. The van der Waals surface area contributed by atoms with Crippen molar-refractivity contribution in [1.29, 1.82) is 0 Å². The average molecular weight is 299 g/mol. The zero-order chi connectivity index (χ0) is 14.8. The number of carboxylic acids is 1. The summed E-state index contributed by atoms with van der Waals surface area (Å²) in [7, 11) is 0.